The van der Waals surface area contributed by atoms with E-state index in [0.29, 0.717) is 18.7 Å². The molecule has 2 amide bonds. The Balaban J connectivity index is 1.75. The van der Waals surface area contributed by atoms with E-state index in [2.05, 4.69) is 5.32 Å². The third kappa shape index (κ3) is 3.71. The van der Waals surface area contributed by atoms with Crippen LogP contribution >= 0.6 is 0 Å². The molecule has 0 aromatic heterocycles. The number of hydrogen-bond acceptors (Lipinski definition) is 2. The first-order valence-corrected chi connectivity index (χ1v) is 8.91. The van der Waals surface area contributed by atoms with Gasteiger partial charge in [-0.05, 0) is 24.5 Å². The van der Waals surface area contributed by atoms with E-state index in [-0.39, 0.29) is 24.2 Å². The number of hydrogen-bond donors (Lipinski definition) is 1. The van der Waals surface area contributed by atoms with E-state index in [1.165, 1.54) is 17.0 Å². The molecule has 0 bridgehead atoms. The zero-order valence-corrected chi connectivity index (χ0v) is 14.7. The van der Waals surface area contributed by atoms with Crippen molar-refractivity contribution in [3.63, 3.8) is 0 Å². The molecular formula is C19H23F3N2O2. The normalized spacial score (nSPS) is 22.7. The van der Waals surface area contributed by atoms with Crippen LogP contribution in [0.2, 0.25) is 0 Å². The topological polar surface area (TPSA) is 49.4 Å². The predicted octanol–water partition coefficient (Wildman–Crippen LogP) is 3.11. The molecule has 1 aromatic carbocycles. The van der Waals surface area contributed by atoms with Gasteiger partial charge >= 0.3 is 6.18 Å². The lowest BCUT2D eigenvalue weighted by Gasteiger charge is -2.31. The summed E-state index contributed by atoms with van der Waals surface area (Å²) in [6.07, 6.45) is -0.837. The lowest BCUT2D eigenvalue weighted by atomic mass is 9.78. The van der Waals surface area contributed by atoms with Crippen LogP contribution in [0.3, 0.4) is 0 Å². The Labute approximate surface area is 150 Å². The molecule has 0 unspecified atom stereocenters. The molecule has 1 atom stereocenters. The summed E-state index contributed by atoms with van der Waals surface area (Å²) in [5.41, 5.74) is -0.494. The molecule has 2 aliphatic rings. The number of nitrogens with zero attached hydrogens (tertiary/aromatic N) is 1. The Morgan fingerprint density at radius 2 is 2.00 bits per heavy atom. The Morgan fingerprint density at radius 3 is 2.58 bits per heavy atom. The van der Waals surface area contributed by atoms with Gasteiger partial charge in [0.1, 0.15) is 0 Å². The highest BCUT2D eigenvalue weighted by Crippen LogP contribution is 2.42. The van der Waals surface area contributed by atoms with Crippen molar-refractivity contribution in [2.75, 3.05) is 20.1 Å². The monoisotopic (exact) mass is 368 g/mol. The fourth-order valence-electron chi connectivity index (χ4n) is 4.08. The van der Waals surface area contributed by atoms with Crippen molar-refractivity contribution in [1.82, 2.24) is 10.2 Å². The summed E-state index contributed by atoms with van der Waals surface area (Å²) in [5.74, 6) is -0.632. The maximum absolute atomic E-state index is 13.1. The molecule has 2 fully saturated rings. The van der Waals surface area contributed by atoms with Crippen molar-refractivity contribution >= 4 is 11.8 Å². The first-order valence-electron chi connectivity index (χ1n) is 8.91. The second kappa shape index (κ2) is 6.93. The van der Waals surface area contributed by atoms with Gasteiger partial charge in [-0.15, -0.1) is 0 Å². The number of carbonyl (C=O) groups is 2. The Kier molecular flexibility index (Phi) is 4.99. The molecule has 3 rings (SSSR count). The molecular weight excluding hydrogens is 345 g/mol. The largest absolute Gasteiger partial charge is 0.416 e. The average Bonchev–Trinajstić information content (AvgIpc) is 3.20. The van der Waals surface area contributed by atoms with Crippen LogP contribution in [0.5, 0.6) is 0 Å². The number of carbonyl (C=O) groups excluding carboxylic acids is 2. The molecule has 7 heteroatoms. The van der Waals surface area contributed by atoms with Crippen molar-refractivity contribution < 1.29 is 22.8 Å². The molecule has 1 saturated carbocycles. The van der Waals surface area contributed by atoms with Gasteiger partial charge in [0.25, 0.3) is 0 Å². The first-order chi connectivity index (χ1) is 12.2. The summed E-state index contributed by atoms with van der Waals surface area (Å²) in [6.45, 7) is 0.697. The number of rotatable bonds is 4. The molecule has 0 radical (unpaired) electrons. The average molecular weight is 368 g/mol. The highest BCUT2D eigenvalue weighted by molar-refractivity contribution is 5.89. The first kappa shape index (κ1) is 18.7. The molecule has 1 aliphatic carbocycles. The van der Waals surface area contributed by atoms with Crippen molar-refractivity contribution in [2.45, 2.75) is 43.7 Å². The number of amides is 2. The van der Waals surface area contributed by atoms with Gasteiger partial charge < -0.3 is 10.2 Å². The van der Waals surface area contributed by atoms with Crippen molar-refractivity contribution in [3.8, 4) is 0 Å². The van der Waals surface area contributed by atoms with Crippen LogP contribution in [0.1, 0.15) is 43.2 Å². The van der Waals surface area contributed by atoms with Crippen molar-refractivity contribution in [1.29, 1.82) is 0 Å². The molecule has 142 valence electrons. The smallest absolute Gasteiger partial charge is 0.355 e. The third-order valence-corrected chi connectivity index (χ3v) is 5.68. The molecule has 1 heterocycles. The van der Waals surface area contributed by atoms with E-state index in [4.69, 9.17) is 0 Å². The summed E-state index contributed by atoms with van der Waals surface area (Å²) in [6, 6.07) is 5.44. The van der Waals surface area contributed by atoms with Gasteiger partial charge in [0, 0.05) is 32.0 Å². The number of halogens is 3. The van der Waals surface area contributed by atoms with Gasteiger partial charge in [-0.25, -0.2) is 0 Å². The summed E-state index contributed by atoms with van der Waals surface area (Å²) in [4.78, 5) is 25.6. The Bertz CT molecular complexity index is 696. The van der Waals surface area contributed by atoms with E-state index in [1.54, 1.807) is 13.1 Å². The highest BCUT2D eigenvalue weighted by atomic mass is 19.4. The number of nitrogens with one attached hydrogen (secondary N) is 1. The van der Waals surface area contributed by atoms with E-state index >= 15 is 0 Å². The Morgan fingerprint density at radius 1 is 1.31 bits per heavy atom. The molecule has 1 N–H and O–H groups in total. The number of alkyl halides is 3. The molecule has 1 aromatic rings. The van der Waals surface area contributed by atoms with Gasteiger partial charge in [0.2, 0.25) is 11.8 Å². The van der Waals surface area contributed by atoms with Crippen molar-refractivity contribution in [2.24, 2.45) is 5.92 Å². The maximum atomic E-state index is 13.1. The van der Waals surface area contributed by atoms with Crippen LogP contribution in [0.25, 0.3) is 0 Å². The number of benzene rings is 1. The summed E-state index contributed by atoms with van der Waals surface area (Å²) >= 11 is 0. The summed E-state index contributed by atoms with van der Waals surface area (Å²) in [7, 11) is 1.66. The van der Waals surface area contributed by atoms with Gasteiger partial charge in [-0.3, -0.25) is 9.59 Å². The Hall–Kier alpha value is -2.05. The third-order valence-electron chi connectivity index (χ3n) is 5.68. The number of likely N-dealkylation sites (tertiary alicyclic amines) is 1. The quantitative estimate of drug-likeness (QED) is 0.888. The van der Waals surface area contributed by atoms with E-state index in [0.717, 1.165) is 31.7 Å². The zero-order chi connectivity index (χ0) is 18.9. The fraction of sp³-hybridized carbons (Fsp3) is 0.579. The van der Waals surface area contributed by atoms with Gasteiger partial charge in [0.05, 0.1) is 11.5 Å². The minimum Gasteiger partial charge on any atom is -0.355 e. The summed E-state index contributed by atoms with van der Waals surface area (Å²) < 4.78 is 39.2. The van der Waals surface area contributed by atoms with Crippen LogP contribution in [-0.2, 0) is 21.2 Å². The van der Waals surface area contributed by atoms with Crippen LogP contribution in [-0.4, -0.2) is 36.9 Å². The molecule has 0 spiro atoms. The van der Waals surface area contributed by atoms with Gasteiger partial charge in [-0.1, -0.05) is 31.0 Å². The molecule has 4 nitrogen and oxygen atoms in total. The second-order valence-electron chi connectivity index (χ2n) is 7.46. The fourth-order valence-corrected chi connectivity index (χ4v) is 4.08. The van der Waals surface area contributed by atoms with Crippen LogP contribution in [0.4, 0.5) is 13.2 Å². The minimum absolute atomic E-state index is 0.0568. The second-order valence-corrected chi connectivity index (χ2v) is 7.46. The van der Waals surface area contributed by atoms with E-state index < -0.39 is 17.2 Å². The summed E-state index contributed by atoms with van der Waals surface area (Å²) in [5, 5.41) is 2.91. The zero-order valence-electron chi connectivity index (χ0n) is 14.7. The lowest BCUT2D eigenvalue weighted by molar-refractivity contribution is -0.137. The SMILES string of the molecule is CN1C[C@H](C(=O)NCC2(c3cccc(C(F)(F)F)c3)CCCC2)CC1=O. The maximum Gasteiger partial charge on any atom is 0.416 e. The molecule has 1 saturated heterocycles. The van der Waals surface area contributed by atoms with Gasteiger partial charge in [0.15, 0.2) is 0 Å². The molecule has 26 heavy (non-hydrogen) atoms. The molecule has 1 aliphatic heterocycles. The van der Waals surface area contributed by atoms with E-state index in [1.807, 2.05) is 0 Å². The predicted molar refractivity (Wildman–Crippen MR) is 90.3 cm³/mol. The highest BCUT2D eigenvalue weighted by Gasteiger charge is 2.39. The standard InChI is InChI=1S/C19H23F3N2O2/c1-24-11-13(9-16(24)25)17(26)23-12-18(7-2-3-8-18)14-5-4-6-15(10-14)19(20,21)22/h4-6,10,13H,2-3,7-9,11-12H2,1H3,(H,23,26)/t13-/m1/s1. The van der Waals surface area contributed by atoms with Crippen LogP contribution < -0.4 is 5.32 Å². The lowest BCUT2D eigenvalue weighted by Crippen LogP contribution is -2.42. The van der Waals surface area contributed by atoms with Gasteiger partial charge in [-0.2, -0.15) is 13.2 Å². The van der Waals surface area contributed by atoms with Crippen molar-refractivity contribution in [3.05, 3.63) is 35.4 Å². The van der Waals surface area contributed by atoms with E-state index in [9.17, 15) is 22.8 Å². The minimum atomic E-state index is -4.38. The van der Waals surface area contributed by atoms with Crippen LogP contribution in [0, 0.1) is 5.92 Å². The van der Waals surface area contributed by atoms with Crippen LogP contribution in [0.15, 0.2) is 24.3 Å².